The second kappa shape index (κ2) is 9.31. The van der Waals surface area contributed by atoms with Crippen LogP contribution in [0.4, 0.5) is 18.9 Å². The largest absolute Gasteiger partial charge is 0.573 e. The SMILES string of the molecule is O=C(Nc1ccc(OC(F)(F)F)cc1)C1CCCN(C(=O)c2cc(-c3ccccn3)n[nH]2)C1. The van der Waals surface area contributed by atoms with Crippen molar-refractivity contribution >= 4 is 17.5 Å². The predicted octanol–water partition coefficient (Wildman–Crippen LogP) is 3.86. The van der Waals surface area contributed by atoms with Crippen LogP contribution in [0.25, 0.3) is 11.4 Å². The first kappa shape index (κ1) is 22.3. The Morgan fingerprint density at radius 1 is 1.12 bits per heavy atom. The third kappa shape index (κ3) is 5.68. The Balaban J connectivity index is 1.36. The van der Waals surface area contributed by atoms with Crippen LogP contribution in [-0.2, 0) is 4.79 Å². The van der Waals surface area contributed by atoms with Crippen molar-refractivity contribution in [3.63, 3.8) is 0 Å². The lowest BCUT2D eigenvalue weighted by atomic mass is 9.96. The van der Waals surface area contributed by atoms with Crippen LogP contribution in [0.3, 0.4) is 0 Å². The molecule has 3 heterocycles. The minimum Gasteiger partial charge on any atom is -0.406 e. The molecule has 1 atom stereocenters. The first-order valence-corrected chi connectivity index (χ1v) is 10.2. The summed E-state index contributed by atoms with van der Waals surface area (Å²) in [6.07, 6.45) is -1.91. The second-order valence-corrected chi connectivity index (χ2v) is 7.53. The Kier molecular flexibility index (Phi) is 6.29. The van der Waals surface area contributed by atoms with Crippen molar-refractivity contribution in [3.8, 4) is 17.1 Å². The van der Waals surface area contributed by atoms with Crippen LogP contribution in [0.1, 0.15) is 23.3 Å². The number of carbonyl (C=O) groups excluding carboxylic acids is 2. The molecule has 1 unspecified atom stereocenters. The molecule has 0 spiro atoms. The number of anilines is 1. The van der Waals surface area contributed by atoms with Gasteiger partial charge in [0.15, 0.2) is 0 Å². The number of benzene rings is 1. The summed E-state index contributed by atoms with van der Waals surface area (Å²) in [6, 6.07) is 11.9. The van der Waals surface area contributed by atoms with E-state index < -0.39 is 12.3 Å². The highest BCUT2D eigenvalue weighted by Crippen LogP contribution is 2.25. The molecular formula is C22H20F3N5O3. The highest BCUT2D eigenvalue weighted by molar-refractivity contribution is 5.95. The number of nitrogens with zero attached hydrogens (tertiary/aromatic N) is 3. The number of halogens is 3. The van der Waals surface area contributed by atoms with Gasteiger partial charge in [-0.3, -0.25) is 19.7 Å². The summed E-state index contributed by atoms with van der Waals surface area (Å²) < 4.78 is 40.6. The fourth-order valence-electron chi connectivity index (χ4n) is 3.61. The maximum atomic E-state index is 12.9. The van der Waals surface area contributed by atoms with E-state index in [9.17, 15) is 22.8 Å². The molecule has 0 aliphatic carbocycles. The number of alkyl halides is 3. The van der Waals surface area contributed by atoms with Gasteiger partial charge in [0, 0.05) is 25.0 Å². The summed E-state index contributed by atoms with van der Waals surface area (Å²) in [4.78, 5) is 31.4. The normalized spacial score (nSPS) is 16.3. The van der Waals surface area contributed by atoms with Crippen molar-refractivity contribution in [1.82, 2.24) is 20.1 Å². The Morgan fingerprint density at radius 3 is 2.61 bits per heavy atom. The van der Waals surface area contributed by atoms with Gasteiger partial charge in [0.2, 0.25) is 5.91 Å². The van der Waals surface area contributed by atoms with Gasteiger partial charge in [-0.05, 0) is 55.3 Å². The van der Waals surface area contributed by atoms with Crippen LogP contribution >= 0.6 is 0 Å². The molecule has 8 nitrogen and oxygen atoms in total. The molecule has 4 rings (SSSR count). The van der Waals surface area contributed by atoms with E-state index in [-0.39, 0.29) is 24.1 Å². The minimum atomic E-state index is -4.78. The van der Waals surface area contributed by atoms with Gasteiger partial charge in [-0.15, -0.1) is 13.2 Å². The van der Waals surface area contributed by atoms with Crippen molar-refractivity contribution in [2.75, 3.05) is 18.4 Å². The molecule has 1 saturated heterocycles. The molecule has 2 amide bonds. The molecule has 1 aromatic carbocycles. The molecule has 2 aromatic heterocycles. The lowest BCUT2D eigenvalue weighted by Gasteiger charge is -2.31. The summed E-state index contributed by atoms with van der Waals surface area (Å²) in [6.45, 7) is 0.724. The van der Waals surface area contributed by atoms with Crippen LogP contribution in [0.2, 0.25) is 0 Å². The van der Waals surface area contributed by atoms with E-state index in [2.05, 4.69) is 25.2 Å². The third-order valence-corrected chi connectivity index (χ3v) is 5.17. The molecule has 0 bridgehead atoms. The van der Waals surface area contributed by atoms with Gasteiger partial charge in [0.25, 0.3) is 5.91 Å². The van der Waals surface area contributed by atoms with Gasteiger partial charge in [-0.1, -0.05) is 6.07 Å². The third-order valence-electron chi connectivity index (χ3n) is 5.17. The van der Waals surface area contributed by atoms with Gasteiger partial charge < -0.3 is 15.0 Å². The number of nitrogens with one attached hydrogen (secondary N) is 2. The monoisotopic (exact) mass is 459 g/mol. The summed E-state index contributed by atoms with van der Waals surface area (Å²) in [7, 11) is 0. The highest BCUT2D eigenvalue weighted by atomic mass is 19.4. The van der Waals surface area contributed by atoms with Crippen LogP contribution < -0.4 is 10.1 Å². The lowest BCUT2D eigenvalue weighted by Crippen LogP contribution is -2.43. The zero-order valence-corrected chi connectivity index (χ0v) is 17.3. The number of rotatable bonds is 5. The molecule has 33 heavy (non-hydrogen) atoms. The number of carbonyl (C=O) groups is 2. The number of hydrogen-bond acceptors (Lipinski definition) is 5. The number of amides is 2. The van der Waals surface area contributed by atoms with E-state index in [0.717, 1.165) is 12.1 Å². The maximum absolute atomic E-state index is 12.9. The number of likely N-dealkylation sites (tertiary alicyclic amines) is 1. The molecular weight excluding hydrogens is 439 g/mol. The predicted molar refractivity (Wildman–Crippen MR) is 112 cm³/mol. The average Bonchev–Trinajstić information content (AvgIpc) is 3.30. The molecule has 172 valence electrons. The van der Waals surface area contributed by atoms with E-state index in [4.69, 9.17) is 0 Å². The van der Waals surface area contributed by atoms with Crippen molar-refractivity contribution in [3.05, 3.63) is 60.4 Å². The number of piperidine rings is 1. The Labute approximate surface area is 186 Å². The van der Waals surface area contributed by atoms with Crippen molar-refractivity contribution in [2.45, 2.75) is 19.2 Å². The zero-order valence-electron chi connectivity index (χ0n) is 17.3. The number of aromatic nitrogens is 3. The summed E-state index contributed by atoms with van der Waals surface area (Å²) in [5.74, 6) is -1.40. The first-order chi connectivity index (χ1) is 15.8. The zero-order chi connectivity index (χ0) is 23.4. The molecule has 1 fully saturated rings. The topological polar surface area (TPSA) is 100 Å². The van der Waals surface area contributed by atoms with E-state index in [1.165, 1.54) is 12.1 Å². The summed E-state index contributed by atoms with van der Waals surface area (Å²) in [5, 5.41) is 9.56. The fraction of sp³-hybridized carbons (Fsp3) is 0.273. The number of H-pyrrole nitrogens is 1. The summed E-state index contributed by atoms with van der Waals surface area (Å²) in [5.41, 5.74) is 1.82. The Morgan fingerprint density at radius 2 is 1.91 bits per heavy atom. The minimum absolute atomic E-state index is 0.220. The van der Waals surface area contributed by atoms with Gasteiger partial charge in [0.05, 0.1) is 11.6 Å². The standard InChI is InChI=1S/C22H20F3N5O3/c23-22(24,25)33-16-8-6-15(7-9-16)27-20(31)14-4-3-11-30(13-14)21(32)19-12-18(28-29-19)17-5-1-2-10-26-17/h1-2,5-10,12,14H,3-4,11,13H2,(H,27,31)(H,28,29). The average molecular weight is 459 g/mol. The maximum Gasteiger partial charge on any atom is 0.573 e. The fourth-order valence-corrected chi connectivity index (χ4v) is 3.61. The smallest absolute Gasteiger partial charge is 0.406 e. The van der Waals surface area contributed by atoms with Gasteiger partial charge in [0.1, 0.15) is 17.1 Å². The van der Waals surface area contributed by atoms with Crippen molar-refractivity contribution in [1.29, 1.82) is 0 Å². The number of aromatic amines is 1. The van der Waals surface area contributed by atoms with Gasteiger partial charge in [-0.2, -0.15) is 5.10 Å². The number of ether oxygens (including phenoxy) is 1. The van der Waals surface area contributed by atoms with Gasteiger partial charge >= 0.3 is 6.36 Å². The molecule has 0 saturated carbocycles. The second-order valence-electron chi connectivity index (χ2n) is 7.53. The molecule has 2 N–H and O–H groups in total. The van der Waals surface area contributed by atoms with E-state index in [1.54, 1.807) is 29.3 Å². The van der Waals surface area contributed by atoms with Crippen molar-refractivity contribution < 1.29 is 27.5 Å². The first-order valence-electron chi connectivity index (χ1n) is 10.2. The molecule has 3 aromatic rings. The quantitative estimate of drug-likeness (QED) is 0.604. The van der Waals surface area contributed by atoms with Crippen LogP contribution in [0, 0.1) is 5.92 Å². The molecule has 0 radical (unpaired) electrons. The molecule has 11 heteroatoms. The Hall–Kier alpha value is -3.89. The number of pyridine rings is 1. The van der Waals surface area contributed by atoms with Crippen LogP contribution in [-0.4, -0.2) is 51.3 Å². The Bertz CT molecular complexity index is 1120. The van der Waals surface area contributed by atoms with Gasteiger partial charge in [-0.25, -0.2) is 0 Å². The molecule has 1 aliphatic heterocycles. The number of hydrogen-bond donors (Lipinski definition) is 2. The highest BCUT2D eigenvalue weighted by Gasteiger charge is 2.32. The lowest BCUT2D eigenvalue weighted by molar-refractivity contribution is -0.274. The van der Waals surface area contributed by atoms with E-state index in [1.807, 2.05) is 6.07 Å². The summed E-state index contributed by atoms with van der Waals surface area (Å²) >= 11 is 0. The van der Waals surface area contributed by atoms with Crippen LogP contribution in [0.15, 0.2) is 54.7 Å². The van der Waals surface area contributed by atoms with E-state index >= 15 is 0 Å². The molecule has 1 aliphatic rings. The van der Waals surface area contributed by atoms with Crippen LogP contribution in [0.5, 0.6) is 5.75 Å². The van der Waals surface area contributed by atoms with E-state index in [0.29, 0.717) is 42.2 Å². The van der Waals surface area contributed by atoms with Crippen molar-refractivity contribution in [2.24, 2.45) is 5.92 Å².